The van der Waals surface area contributed by atoms with Crippen molar-refractivity contribution in [2.24, 2.45) is 4.99 Å². The molecule has 0 bridgehead atoms. The number of aliphatic imine (C=N–C) groups is 1. The van der Waals surface area contributed by atoms with Crippen LogP contribution < -0.4 is 35.0 Å². The summed E-state index contributed by atoms with van der Waals surface area (Å²) >= 11 is 0. The Morgan fingerprint density at radius 2 is 1.91 bits per heavy atom. The highest BCUT2D eigenvalue weighted by Crippen LogP contribution is 2.18. The van der Waals surface area contributed by atoms with Gasteiger partial charge in [-0.2, -0.15) is 0 Å². The first-order valence-corrected chi connectivity index (χ1v) is 7.17. The lowest BCUT2D eigenvalue weighted by Crippen LogP contribution is -3.14. The molecule has 3 N–H and O–H groups in total. The molecule has 1 unspecified atom stereocenters. The lowest BCUT2D eigenvalue weighted by Gasteiger charge is -2.16. The SMILES string of the molecule is COCCC[NH2+]CCC[NH+]1C=Nc2ccccc2C1=O.[Cl-].[Cl-]. The predicted octanol–water partition coefficient (Wildman–Crippen LogP) is -6.62. The van der Waals surface area contributed by atoms with E-state index in [9.17, 15) is 4.79 Å². The van der Waals surface area contributed by atoms with Gasteiger partial charge in [-0.05, 0) is 12.1 Å². The fraction of sp³-hybridized carbons (Fsp3) is 0.467. The molecule has 1 aliphatic heterocycles. The van der Waals surface area contributed by atoms with Crippen molar-refractivity contribution >= 4 is 17.9 Å². The van der Waals surface area contributed by atoms with Crippen molar-refractivity contribution in [3.8, 4) is 0 Å². The summed E-state index contributed by atoms with van der Waals surface area (Å²) in [6.07, 6.45) is 3.80. The van der Waals surface area contributed by atoms with Gasteiger partial charge < -0.3 is 34.9 Å². The molecule has 0 fully saturated rings. The number of methoxy groups -OCH3 is 1. The van der Waals surface area contributed by atoms with E-state index in [1.807, 2.05) is 24.3 Å². The number of nitrogens with one attached hydrogen (secondary N) is 1. The van der Waals surface area contributed by atoms with Crippen LogP contribution in [-0.2, 0) is 4.74 Å². The van der Waals surface area contributed by atoms with Gasteiger partial charge in [0.15, 0.2) is 6.34 Å². The summed E-state index contributed by atoms with van der Waals surface area (Å²) < 4.78 is 5.00. The number of amides is 1. The Labute approximate surface area is 143 Å². The molecule has 1 aromatic rings. The monoisotopic (exact) mass is 347 g/mol. The zero-order valence-electron chi connectivity index (χ0n) is 12.7. The van der Waals surface area contributed by atoms with E-state index in [1.165, 1.54) is 0 Å². The van der Waals surface area contributed by atoms with Gasteiger partial charge in [0.2, 0.25) is 0 Å². The minimum absolute atomic E-state index is 0. The zero-order valence-corrected chi connectivity index (χ0v) is 14.2. The fourth-order valence-electron chi connectivity index (χ4n) is 2.29. The highest BCUT2D eigenvalue weighted by atomic mass is 35.5. The molecule has 1 amide bonds. The Hall–Kier alpha value is -0.980. The third kappa shape index (κ3) is 6.02. The van der Waals surface area contributed by atoms with Crippen LogP contribution >= 0.6 is 0 Å². The molecule has 1 aromatic carbocycles. The first kappa shape index (κ1) is 21.0. The Kier molecular flexibility index (Phi) is 11.1. The number of hydrogen-bond donors (Lipinski definition) is 2. The molecule has 0 aliphatic carbocycles. The first-order valence-electron chi connectivity index (χ1n) is 7.17. The Balaban J connectivity index is 0.00000220. The number of para-hydroxylation sites is 1. The first-order chi connectivity index (χ1) is 9.83. The number of ether oxygens (including phenoxy) is 1. The molecule has 124 valence electrons. The van der Waals surface area contributed by atoms with Crippen molar-refractivity contribution in [1.29, 1.82) is 0 Å². The standard InChI is InChI=1S/C15H21N3O2.2ClH/c1-20-11-5-9-16-8-4-10-18-12-17-14-7-3-2-6-13(14)15(18)19;;/h2-3,6-7,12,16H,4-5,8-11H2,1H3;2*1H. The molecule has 0 aromatic heterocycles. The molecule has 0 radical (unpaired) electrons. The van der Waals surface area contributed by atoms with E-state index in [0.717, 1.165) is 55.2 Å². The second kappa shape index (κ2) is 11.6. The van der Waals surface area contributed by atoms with Crippen LogP contribution in [0.3, 0.4) is 0 Å². The van der Waals surface area contributed by atoms with Crippen molar-refractivity contribution in [2.45, 2.75) is 12.8 Å². The van der Waals surface area contributed by atoms with Crippen LogP contribution in [0.25, 0.3) is 0 Å². The average Bonchev–Trinajstić information content (AvgIpc) is 2.49. The maximum absolute atomic E-state index is 12.3. The largest absolute Gasteiger partial charge is 1.00 e. The van der Waals surface area contributed by atoms with Crippen molar-refractivity contribution in [3.05, 3.63) is 29.8 Å². The van der Waals surface area contributed by atoms with Gasteiger partial charge in [0, 0.05) is 20.0 Å². The summed E-state index contributed by atoms with van der Waals surface area (Å²) in [6.45, 7) is 3.73. The minimum atomic E-state index is 0. The minimum Gasteiger partial charge on any atom is -1.00 e. The topological polar surface area (TPSA) is 59.7 Å². The van der Waals surface area contributed by atoms with E-state index in [-0.39, 0.29) is 30.7 Å². The molecule has 7 heteroatoms. The number of quaternary nitrogens is 2. The number of hydrogen-bond acceptors (Lipinski definition) is 3. The van der Waals surface area contributed by atoms with Gasteiger partial charge in [-0.3, -0.25) is 0 Å². The van der Waals surface area contributed by atoms with Crippen molar-refractivity contribution in [1.82, 2.24) is 0 Å². The second-order valence-electron chi connectivity index (χ2n) is 4.95. The van der Waals surface area contributed by atoms with E-state index in [1.54, 1.807) is 13.4 Å². The van der Waals surface area contributed by atoms with E-state index in [4.69, 9.17) is 4.74 Å². The molecule has 0 spiro atoms. The molecule has 1 heterocycles. The number of nitrogens with two attached hydrogens (primary N) is 1. The Morgan fingerprint density at radius 1 is 1.18 bits per heavy atom. The lowest BCUT2D eigenvalue weighted by molar-refractivity contribution is -0.715. The molecular formula is C15H23Cl2N3O2. The number of carbonyl (C=O) groups excluding carboxylic acids is 1. The van der Waals surface area contributed by atoms with Crippen molar-refractivity contribution in [2.75, 3.05) is 33.4 Å². The molecular weight excluding hydrogens is 325 g/mol. The van der Waals surface area contributed by atoms with Crippen LogP contribution in [0, 0.1) is 0 Å². The lowest BCUT2D eigenvalue weighted by atomic mass is 10.1. The van der Waals surface area contributed by atoms with Gasteiger partial charge in [0.05, 0.1) is 31.9 Å². The van der Waals surface area contributed by atoms with E-state index >= 15 is 0 Å². The molecule has 5 nitrogen and oxygen atoms in total. The van der Waals surface area contributed by atoms with Gasteiger partial charge >= 0.3 is 5.91 Å². The summed E-state index contributed by atoms with van der Waals surface area (Å²) in [5, 5.41) is 2.28. The third-order valence-corrected chi connectivity index (χ3v) is 3.41. The second-order valence-corrected chi connectivity index (χ2v) is 4.95. The van der Waals surface area contributed by atoms with Crippen LogP contribution in [0.2, 0.25) is 0 Å². The van der Waals surface area contributed by atoms with Gasteiger partial charge in [0.25, 0.3) is 0 Å². The zero-order chi connectivity index (χ0) is 14.2. The van der Waals surface area contributed by atoms with Gasteiger partial charge in [-0.1, -0.05) is 12.1 Å². The summed E-state index contributed by atoms with van der Waals surface area (Å²) in [6, 6.07) is 7.53. The highest BCUT2D eigenvalue weighted by Gasteiger charge is 2.26. The van der Waals surface area contributed by atoms with Crippen LogP contribution in [0.4, 0.5) is 5.69 Å². The number of benzene rings is 1. The number of carbonyl (C=O) groups is 1. The molecule has 1 atom stereocenters. The molecule has 22 heavy (non-hydrogen) atoms. The fourth-order valence-corrected chi connectivity index (χ4v) is 2.29. The molecule has 1 aliphatic rings. The van der Waals surface area contributed by atoms with Crippen LogP contribution in [0.5, 0.6) is 0 Å². The Morgan fingerprint density at radius 3 is 2.68 bits per heavy atom. The summed E-state index contributed by atoms with van der Waals surface area (Å²) in [4.78, 5) is 17.4. The smallest absolute Gasteiger partial charge is 0.352 e. The van der Waals surface area contributed by atoms with Crippen molar-refractivity contribution in [3.63, 3.8) is 0 Å². The maximum atomic E-state index is 12.3. The average molecular weight is 348 g/mol. The summed E-state index contributed by atoms with van der Waals surface area (Å²) in [5.41, 5.74) is 1.52. The predicted molar refractivity (Wildman–Crippen MR) is 77.5 cm³/mol. The maximum Gasteiger partial charge on any atom is 0.352 e. The van der Waals surface area contributed by atoms with Crippen LogP contribution in [-0.4, -0.2) is 45.6 Å². The molecule has 2 rings (SSSR count). The number of halogens is 2. The van der Waals surface area contributed by atoms with Gasteiger partial charge in [0.1, 0.15) is 5.56 Å². The number of fused-ring (bicyclic) bond motifs is 1. The van der Waals surface area contributed by atoms with E-state index in [0.29, 0.717) is 0 Å². The van der Waals surface area contributed by atoms with E-state index in [2.05, 4.69) is 10.3 Å². The Bertz CT molecular complexity index is 484. The van der Waals surface area contributed by atoms with Crippen LogP contribution in [0.15, 0.2) is 29.3 Å². The van der Waals surface area contributed by atoms with Crippen molar-refractivity contribution < 1.29 is 44.6 Å². The van der Waals surface area contributed by atoms with Crippen LogP contribution in [0.1, 0.15) is 23.2 Å². The molecule has 0 saturated carbocycles. The number of rotatable bonds is 8. The third-order valence-electron chi connectivity index (χ3n) is 3.41. The van der Waals surface area contributed by atoms with Gasteiger partial charge in [-0.25, -0.2) is 14.7 Å². The van der Waals surface area contributed by atoms with Gasteiger partial charge in [-0.15, -0.1) is 0 Å². The summed E-state index contributed by atoms with van der Waals surface area (Å²) in [7, 11) is 1.72. The quantitative estimate of drug-likeness (QED) is 0.459. The molecule has 0 saturated heterocycles. The summed E-state index contributed by atoms with van der Waals surface area (Å²) in [5.74, 6) is 0.134. The normalized spacial score (nSPS) is 15.7. The highest BCUT2D eigenvalue weighted by molar-refractivity contribution is 5.98. The van der Waals surface area contributed by atoms with E-state index < -0.39 is 0 Å². The number of nitrogens with zero attached hydrogens (tertiary/aromatic N) is 1.